The molecule has 18 nitrogen and oxygen atoms in total. The van der Waals surface area contributed by atoms with E-state index >= 15 is 0 Å². The summed E-state index contributed by atoms with van der Waals surface area (Å²) in [4.78, 5) is 29.5. The largest absolute Gasteiger partial charge is 2.00 e. The van der Waals surface area contributed by atoms with Gasteiger partial charge in [0.15, 0.2) is 23.2 Å². The molecule has 1 aliphatic carbocycles. The number of carbonyl (C=O) groups excluding carboxylic acids is 2. The number of Topliss-reactive ketones (excluding diaryl/α,β-unsaturated/α-hetero) is 2. The van der Waals surface area contributed by atoms with Crippen molar-refractivity contribution in [2.75, 3.05) is 0 Å². The minimum absolute atomic E-state index is 0. The van der Waals surface area contributed by atoms with E-state index in [1.807, 2.05) is 133 Å². The van der Waals surface area contributed by atoms with Gasteiger partial charge in [0.2, 0.25) is 0 Å². The predicted molar refractivity (Wildman–Crippen MR) is 518 cm³/mol. The van der Waals surface area contributed by atoms with Crippen molar-refractivity contribution in [3.8, 4) is 0 Å². The number of rotatable bonds is 16. The van der Waals surface area contributed by atoms with E-state index in [4.69, 9.17) is 60.5 Å². The molecule has 0 unspecified atom stereocenters. The zero-order valence-corrected chi connectivity index (χ0v) is 83.4. The third-order valence-corrected chi connectivity index (χ3v) is 29.6. The van der Waals surface area contributed by atoms with Crippen LogP contribution in [0.1, 0.15) is 0 Å². The monoisotopic (exact) mass is 2280 g/mol. The van der Waals surface area contributed by atoms with Gasteiger partial charge in [0.25, 0.3) is 0 Å². The average molecular weight is 2280 g/mol. The number of nitrogens with zero attached hydrogens (tertiary/aromatic N) is 6. The van der Waals surface area contributed by atoms with Crippen LogP contribution >= 0.6 is 54.9 Å². The minimum atomic E-state index is -4.94. The molecule has 18 rings (SSSR count). The number of benzene rings is 15. The summed E-state index contributed by atoms with van der Waals surface area (Å²) < 4.78 is 67.9. The molecule has 0 atom stereocenters. The second kappa shape index (κ2) is 61.8. The van der Waals surface area contributed by atoms with Crippen molar-refractivity contribution < 1.29 is 117 Å². The summed E-state index contributed by atoms with van der Waals surface area (Å²) in [6.45, 7) is 0. The van der Waals surface area contributed by atoms with E-state index in [2.05, 4.69) is 394 Å². The average Bonchev–Trinajstić information content (AvgIpc) is 0.786. The summed E-state index contributed by atoms with van der Waals surface area (Å²) in [5.74, 6) is -3.68. The Kier molecular flexibility index (Phi) is 50.3. The third-order valence-electron chi connectivity index (χ3n) is 18.0. The number of allylic oxidation sites excluding steroid dienone is 2. The minimum Gasteiger partial charge on any atom is -0.869 e. The topological polar surface area (TPSA) is 340 Å². The Hall–Kier alpha value is -11.9. The standard InChI is InChI=1S/4C18H15P.2C11H9N3.C6H2Cl2O4.C6H6.2ClHO4.2Os/c4*1-4-10-16(11-5-1)19(17-12-6-2-7-13-17)18-14-8-3-9-15-18;2*1-2-6-10(7-3-1)13-14-11-8-4-5-9-12-11;7-1-3(9)5(11)2(8)6(12)4(1)10;1-2-4-6-5-3-1;2*2-1(3,4)5;;/h4*1-15H;2*1-9H;9,12H;1-6H;2*(H,2,3,4,5);;/q;;;;;;;;;;2*+2. The summed E-state index contributed by atoms with van der Waals surface area (Å²) >= 11 is 10.2. The Bertz CT molecular complexity index is 5080. The second-order valence-electron chi connectivity index (χ2n) is 27.2. The summed E-state index contributed by atoms with van der Waals surface area (Å²) in [6.07, 6.45) is 3.39. The normalized spacial score (nSPS) is 11.2. The van der Waals surface area contributed by atoms with E-state index in [0.717, 1.165) is 11.4 Å². The fraction of sp³-hybridized carbons (Fsp3) is 0. The van der Waals surface area contributed by atoms with Crippen molar-refractivity contribution >= 4 is 153 Å². The third kappa shape index (κ3) is 40.9. The van der Waals surface area contributed by atoms with Gasteiger partial charge in [-0.05, 0) is 206 Å². The van der Waals surface area contributed by atoms with Crippen molar-refractivity contribution in [2.45, 2.75) is 0 Å². The first-order valence-corrected chi connectivity index (χ1v) is 49.7. The van der Waals surface area contributed by atoms with Crippen molar-refractivity contribution in [1.82, 2.24) is 9.97 Å². The molecule has 0 radical (unpaired) electrons. The second-order valence-corrected chi connectivity index (χ2v) is 39.4. The van der Waals surface area contributed by atoms with Gasteiger partial charge in [-0.25, -0.2) is 47.2 Å². The van der Waals surface area contributed by atoms with Gasteiger partial charge >= 0.3 is 39.6 Å². The van der Waals surface area contributed by atoms with Crippen LogP contribution < -0.4 is 111 Å². The number of pyridine rings is 2. The molecular formula is C106H88Cl4N6O12Os2P4+4. The first-order chi connectivity index (χ1) is 64.2. The quantitative estimate of drug-likeness (QED) is 0.0493. The summed E-state index contributed by atoms with van der Waals surface area (Å²) in [5, 5.41) is 52.9. The molecule has 674 valence electrons. The molecule has 0 saturated carbocycles. The van der Waals surface area contributed by atoms with Crippen LogP contribution in [0.2, 0.25) is 0 Å². The molecule has 28 heteroatoms. The van der Waals surface area contributed by atoms with Crippen LogP contribution in [0.3, 0.4) is 0 Å². The molecule has 15 aromatic carbocycles. The molecule has 2 aromatic heterocycles. The van der Waals surface area contributed by atoms with Crippen LogP contribution in [0.5, 0.6) is 0 Å². The van der Waals surface area contributed by atoms with Gasteiger partial charge < -0.3 is 10.2 Å². The fourth-order valence-corrected chi connectivity index (χ4v) is 22.9. The number of ketones is 2. The molecule has 0 saturated heterocycles. The van der Waals surface area contributed by atoms with Gasteiger partial charge in [0, 0.05) is 12.4 Å². The Labute approximate surface area is 825 Å². The molecule has 0 fully saturated rings. The van der Waals surface area contributed by atoms with Crippen LogP contribution in [0, 0.1) is 20.5 Å². The van der Waals surface area contributed by atoms with E-state index in [1.165, 1.54) is 63.7 Å². The number of azo groups is 2. The number of halogens is 4. The maximum atomic E-state index is 10.7. The Morgan fingerprint density at radius 3 is 0.463 bits per heavy atom. The molecule has 0 bridgehead atoms. The number of aromatic nitrogens is 2. The van der Waals surface area contributed by atoms with Crippen molar-refractivity contribution in [3.05, 3.63) is 531 Å². The summed E-state index contributed by atoms with van der Waals surface area (Å²) in [7, 11) is -13.4. The van der Waals surface area contributed by atoms with E-state index in [0.29, 0.717) is 11.6 Å². The molecule has 0 aliphatic heterocycles. The van der Waals surface area contributed by atoms with Crippen molar-refractivity contribution in [1.29, 1.82) is 0 Å². The summed E-state index contributed by atoms with van der Waals surface area (Å²) in [6, 6.07) is 172. The fourth-order valence-electron chi connectivity index (χ4n) is 12.3. The zero-order chi connectivity index (χ0) is 93.7. The molecule has 134 heavy (non-hydrogen) atoms. The molecular weight excluding hydrogens is 2200 g/mol. The molecule has 2 heterocycles. The van der Waals surface area contributed by atoms with Crippen LogP contribution in [-0.2, 0) is 49.2 Å². The van der Waals surface area contributed by atoms with Gasteiger partial charge in [0.05, 0.1) is 53.1 Å². The number of hydrogen-bond acceptors (Lipinski definition) is 18. The van der Waals surface area contributed by atoms with Crippen LogP contribution in [0.4, 0.5) is 23.0 Å². The van der Waals surface area contributed by atoms with Crippen LogP contribution in [0.15, 0.2) is 552 Å². The van der Waals surface area contributed by atoms with E-state index in [-0.39, 0.29) is 39.6 Å². The van der Waals surface area contributed by atoms with Gasteiger partial charge in [-0.3, -0.25) is 9.59 Å². The van der Waals surface area contributed by atoms with Crippen molar-refractivity contribution in [2.24, 2.45) is 20.5 Å². The van der Waals surface area contributed by atoms with E-state index in [9.17, 15) is 19.8 Å². The number of carbonyl (C=O) groups is 2. The maximum Gasteiger partial charge on any atom is 2.00 e. The van der Waals surface area contributed by atoms with E-state index in [1.54, 1.807) is 12.4 Å². The van der Waals surface area contributed by atoms with E-state index < -0.39 is 85.3 Å². The maximum absolute atomic E-state index is 10.7. The van der Waals surface area contributed by atoms with Crippen molar-refractivity contribution in [3.63, 3.8) is 0 Å². The van der Waals surface area contributed by atoms with Gasteiger partial charge in [-0.15, -0.1) is 40.9 Å². The first kappa shape index (κ1) is 109. The Morgan fingerprint density at radius 2 is 0.328 bits per heavy atom. The molecule has 1 aliphatic rings. The zero-order valence-electron chi connectivity index (χ0n) is 71.3. The van der Waals surface area contributed by atoms with Crippen LogP contribution in [-0.4, -0.2) is 21.5 Å². The molecule has 17 aromatic rings. The SMILES string of the molecule is O=C1C([O-])=C(Cl)C(=O)C([O-])=C1Cl.[O-][Cl+3]([O-])([O-])[O-].[O-][Cl+3]([O-])([O-])[O-].[Os+2].[Os+2].c1ccc(N=Nc2ccccn2)cc1.c1ccc(N=Nc2ccccn2)cc1.c1ccc([PH+](c2ccccc2)c2ccccc2)cc1.c1ccc([PH+](c2ccccc2)c2ccccc2)cc1.c1ccc([PH+](c2ccccc2)c2ccccc2)cc1.c1ccc([PH+](c2ccccc2)c2ccccc2)cc1.c1ccccc1. The Balaban J connectivity index is 0.000000208. The molecule has 0 amide bonds. The predicted octanol–water partition coefficient (Wildman–Crippen LogP) is 10.6. The summed E-state index contributed by atoms with van der Waals surface area (Å²) in [5.41, 5.74) is 1.66. The van der Waals surface area contributed by atoms with Gasteiger partial charge in [0.1, 0.15) is 63.7 Å². The first-order valence-electron chi connectivity index (χ1n) is 40.5. The van der Waals surface area contributed by atoms with Gasteiger partial charge in [-0.1, -0.05) is 327 Å². The number of hydrogen-bond donors (Lipinski definition) is 0. The van der Waals surface area contributed by atoms with Gasteiger partial charge in [-0.2, -0.15) is 0 Å². The molecule has 0 spiro atoms. The molecule has 0 N–H and O–H groups in total. The Morgan fingerprint density at radius 1 is 0.201 bits per heavy atom. The smallest absolute Gasteiger partial charge is 0.869 e. The van der Waals surface area contributed by atoms with Crippen LogP contribution in [0.25, 0.3) is 0 Å².